The van der Waals surface area contributed by atoms with Gasteiger partial charge in [0, 0.05) is 31.7 Å². The molecular formula is C22H29N3O6S2. The molecule has 1 aliphatic heterocycles. The molecule has 0 radical (unpaired) electrons. The van der Waals surface area contributed by atoms with Crippen LogP contribution in [0.3, 0.4) is 0 Å². The number of sulfonamides is 2. The van der Waals surface area contributed by atoms with Gasteiger partial charge in [0.15, 0.2) is 0 Å². The van der Waals surface area contributed by atoms with Crippen LogP contribution in [0.4, 0.5) is 0 Å². The van der Waals surface area contributed by atoms with Crippen molar-refractivity contribution in [1.82, 2.24) is 14.3 Å². The molecule has 2 aromatic rings. The van der Waals surface area contributed by atoms with E-state index in [9.17, 15) is 21.6 Å². The van der Waals surface area contributed by atoms with E-state index in [0.29, 0.717) is 19.5 Å². The maximum atomic E-state index is 12.6. The van der Waals surface area contributed by atoms with Crippen LogP contribution >= 0.6 is 0 Å². The molecule has 0 atom stereocenters. The number of amides is 1. The lowest BCUT2D eigenvalue weighted by molar-refractivity contribution is 0.0950. The molecule has 1 aliphatic rings. The number of benzene rings is 2. The Morgan fingerprint density at radius 1 is 1.03 bits per heavy atom. The highest BCUT2D eigenvalue weighted by Crippen LogP contribution is 2.25. The van der Waals surface area contributed by atoms with E-state index in [4.69, 9.17) is 4.74 Å². The Hall–Kier alpha value is -2.47. The van der Waals surface area contributed by atoms with Gasteiger partial charge in [-0.05, 0) is 55.2 Å². The van der Waals surface area contributed by atoms with Crippen LogP contribution < -0.4 is 14.8 Å². The van der Waals surface area contributed by atoms with E-state index in [1.165, 1.54) is 41.7 Å². The van der Waals surface area contributed by atoms with Crippen molar-refractivity contribution in [3.8, 4) is 5.75 Å². The summed E-state index contributed by atoms with van der Waals surface area (Å²) in [6, 6.07) is 10.6. The summed E-state index contributed by atoms with van der Waals surface area (Å²) in [5, 5.41) is 2.73. The van der Waals surface area contributed by atoms with Crippen LogP contribution in [-0.2, 0) is 26.6 Å². The van der Waals surface area contributed by atoms with Crippen molar-refractivity contribution in [3.63, 3.8) is 0 Å². The summed E-state index contributed by atoms with van der Waals surface area (Å²) < 4.78 is 59.5. The van der Waals surface area contributed by atoms with Gasteiger partial charge < -0.3 is 10.1 Å². The van der Waals surface area contributed by atoms with E-state index in [1.54, 1.807) is 12.1 Å². The molecule has 0 aliphatic carbocycles. The molecule has 0 bridgehead atoms. The van der Waals surface area contributed by atoms with Crippen LogP contribution in [0.5, 0.6) is 5.75 Å². The van der Waals surface area contributed by atoms with E-state index in [-0.39, 0.29) is 34.2 Å². The van der Waals surface area contributed by atoms with E-state index in [1.807, 2.05) is 6.92 Å². The number of carbonyl (C=O) groups excluding carboxylic acids is 1. The highest BCUT2D eigenvalue weighted by atomic mass is 32.2. The van der Waals surface area contributed by atoms with Gasteiger partial charge in [0.25, 0.3) is 5.91 Å². The Kier molecular flexibility index (Phi) is 8.11. The molecule has 3 rings (SSSR count). The first kappa shape index (κ1) is 25.2. The van der Waals surface area contributed by atoms with Gasteiger partial charge >= 0.3 is 0 Å². The number of methoxy groups -OCH3 is 1. The number of carbonyl (C=O) groups is 1. The van der Waals surface area contributed by atoms with Crippen molar-refractivity contribution in [2.24, 2.45) is 0 Å². The second kappa shape index (κ2) is 10.6. The lowest BCUT2D eigenvalue weighted by Crippen LogP contribution is -2.28. The van der Waals surface area contributed by atoms with Gasteiger partial charge in [0.05, 0.1) is 12.0 Å². The molecule has 180 valence electrons. The summed E-state index contributed by atoms with van der Waals surface area (Å²) >= 11 is 0. The molecule has 0 unspecified atom stereocenters. The van der Waals surface area contributed by atoms with Crippen LogP contribution in [0.25, 0.3) is 0 Å². The van der Waals surface area contributed by atoms with Crippen LogP contribution in [-0.4, -0.2) is 53.8 Å². The van der Waals surface area contributed by atoms with Gasteiger partial charge in [-0.2, -0.15) is 4.31 Å². The normalized spacial score (nSPS) is 14.8. The molecule has 9 nitrogen and oxygen atoms in total. The molecule has 1 saturated heterocycles. The van der Waals surface area contributed by atoms with E-state index in [0.717, 1.165) is 18.4 Å². The van der Waals surface area contributed by atoms with Gasteiger partial charge in [-0.25, -0.2) is 21.6 Å². The average Bonchev–Trinajstić information content (AvgIpc) is 3.37. The van der Waals surface area contributed by atoms with Crippen LogP contribution in [0.15, 0.2) is 52.3 Å². The summed E-state index contributed by atoms with van der Waals surface area (Å²) in [4.78, 5) is 12.8. The summed E-state index contributed by atoms with van der Waals surface area (Å²) in [5.74, 6) is -0.316. The molecule has 0 spiro atoms. The Labute approximate surface area is 195 Å². The Morgan fingerprint density at radius 3 is 2.30 bits per heavy atom. The van der Waals surface area contributed by atoms with Gasteiger partial charge in [-0.3, -0.25) is 4.79 Å². The molecule has 2 N–H and O–H groups in total. The lowest BCUT2D eigenvalue weighted by Gasteiger charge is -2.15. The quantitative estimate of drug-likeness (QED) is 0.521. The Balaban J connectivity index is 1.70. The third kappa shape index (κ3) is 5.91. The Bertz CT molecular complexity index is 1190. The first-order valence-corrected chi connectivity index (χ1v) is 13.7. The molecule has 33 heavy (non-hydrogen) atoms. The van der Waals surface area contributed by atoms with E-state index >= 15 is 0 Å². The summed E-state index contributed by atoms with van der Waals surface area (Å²) in [6.07, 6.45) is 2.36. The zero-order valence-electron chi connectivity index (χ0n) is 18.7. The third-order valence-corrected chi connectivity index (χ3v) is 8.73. The highest BCUT2D eigenvalue weighted by Gasteiger charge is 2.27. The predicted octanol–water partition coefficient (Wildman–Crippen LogP) is 2.10. The topological polar surface area (TPSA) is 122 Å². The van der Waals surface area contributed by atoms with Gasteiger partial charge in [0.2, 0.25) is 20.0 Å². The minimum absolute atomic E-state index is 0.109. The molecule has 0 saturated carbocycles. The average molecular weight is 496 g/mol. The molecule has 1 heterocycles. The van der Waals surface area contributed by atoms with Crippen molar-refractivity contribution in [2.75, 3.05) is 26.7 Å². The fourth-order valence-electron chi connectivity index (χ4n) is 3.48. The van der Waals surface area contributed by atoms with E-state index < -0.39 is 26.0 Å². The first-order chi connectivity index (χ1) is 15.7. The molecule has 1 fully saturated rings. The smallest absolute Gasteiger partial charge is 0.251 e. The number of nitrogens with zero attached hydrogens (tertiary/aromatic N) is 1. The second-order valence-electron chi connectivity index (χ2n) is 7.70. The lowest BCUT2D eigenvalue weighted by atomic mass is 10.2. The number of hydrogen-bond donors (Lipinski definition) is 2. The summed E-state index contributed by atoms with van der Waals surface area (Å²) in [7, 11) is -5.96. The minimum Gasteiger partial charge on any atom is -0.495 e. The van der Waals surface area contributed by atoms with Crippen molar-refractivity contribution in [3.05, 3.63) is 53.6 Å². The predicted molar refractivity (Wildman–Crippen MR) is 124 cm³/mol. The molecule has 11 heteroatoms. The van der Waals surface area contributed by atoms with Gasteiger partial charge in [0.1, 0.15) is 10.6 Å². The zero-order chi connectivity index (χ0) is 24.1. The highest BCUT2D eigenvalue weighted by molar-refractivity contribution is 7.89. The molecular weight excluding hydrogens is 466 g/mol. The summed E-state index contributed by atoms with van der Waals surface area (Å²) in [5.41, 5.74) is 0.885. The number of rotatable bonds is 10. The molecule has 1 amide bonds. The fourth-order valence-corrected chi connectivity index (χ4v) is 6.33. The van der Waals surface area contributed by atoms with Crippen LogP contribution in [0.1, 0.15) is 42.1 Å². The Morgan fingerprint density at radius 2 is 1.70 bits per heavy atom. The van der Waals surface area contributed by atoms with Gasteiger partial charge in [-0.1, -0.05) is 19.1 Å². The maximum Gasteiger partial charge on any atom is 0.251 e. The minimum atomic E-state index is -3.83. The van der Waals surface area contributed by atoms with Crippen molar-refractivity contribution >= 4 is 26.0 Å². The van der Waals surface area contributed by atoms with Crippen LogP contribution in [0.2, 0.25) is 0 Å². The largest absolute Gasteiger partial charge is 0.495 e. The fraction of sp³-hybridized carbons (Fsp3) is 0.409. The number of nitrogens with one attached hydrogen (secondary N) is 2. The van der Waals surface area contributed by atoms with E-state index in [2.05, 4.69) is 10.0 Å². The SMILES string of the molecule is CCCNS(=O)(=O)c1cc(C(=O)NCc2ccc(S(=O)(=O)N3CCCC3)cc2)ccc1OC. The van der Waals surface area contributed by atoms with Crippen molar-refractivity contribution in [1.29, 1.82) is 0 Å². The van der Waals surface area contributed by atoms with Gasteiger partial charge in [-0.15, -0.1) is 0 Å². The monoisotopic (exact) mass is 495 g/mol. The first-order valence-electron chi connectivity index (χ1n) is 10.7. The second-order valence-corrected chi connectivity index (χ2v) is 11.4. The zero-order valence-corrected chi connectivity index (χ0v) is 20.3. The third-order valence-electron chi connectivity index (χ3n) is 5.34. The maximum absolute atomic E-state index is 12.6. The molecule has 0 aromatic heterocycles. The standard InChI is InChI=1S/C22H29N3O6S2/c1-3-12-24-32(27,28)21-15-18(8-11-20(21)31-2)22(26)23-16-17-6-9-19(10-7-17)33(29,30)25-13-4-5-14-25/h6-11,15,24H,3-5,12-14,16H2,1-2H3,(H,23,26). The molecule has 2 aromatic carbocycles. The number of hydrogen-bond acceptors (Lipinski definition) is 6. The van der Waals surface area contributed by atoms with Crippen molar-refractivity contribution < 1.29 is 26.4 Å². The van der Waals surface area contributed by atoms with Crippen molar-refractivity contribution in [2.45, 2.75) is 42.5 Å². The number of ether oxygens (including phenoxy) is 1. The summed E-state index contributed by atoms with van der Waals surface area (Å²) in [6.45, 7) is 3.34. The van der Waals surface area contributed by atoms with Crippen LogP contribution in [0, 0.1) is 0 Å².